The van der Waals surface area contributed by atoms with E-state index in [-0.39, 0.29) is 0 Å². The van der Waals surface area contributed by atoms with Gasteiger partial charge in [-0.25, -0.2) is 0 Å². The Morgan fingerprint density at radius 3 is 2.53 bits per heavy atom. The van der Waals surface area contributed by atoms with E-state index in [1.807, 2.05) is 29.2 Å². The summed E-state index contributed by atoms with van der Waals surface area (Å²) in [7, 11) is 0. The molecule has 1 aliphatic carbocycles. The number of aryl methyl sites for hydroxylation is 1. The van der Waals surface area contributed by atoms with Crippen molar-refractivity contribution in [1.82, 2.24) is 0 Å². The molecule has 1 aromatic rings. The van der Waals surface area contributed by atoms with Gasteiger partial charge in [0.25, 0.3) is 0 Å². The first-order valence-electron chi connectivity index (χ1n) is 7.37. The molecule has 0 aromatic carbocycles. The van der Waals surface area contributed by atoms with Crippen molar-refractivity contribution >= 4 is 29.2 Å². The summed E-state index contributed by atoms with van der Waals surface area (Å²) >= 11 is 3.94. The second-order valence-corrected chi connectivity index (χ2v) is 8.87. The quantitative estimate of drug-likeness (QED) is 0.571. The summed E-state index contributed by atoms with van der Waals surface area (Å²) < 4.78 is 0. The zero-order valence-electron chi connectivity index (χ0n) is 12.7. The van der Waals surface area contributed by atoms with Gasteiger partial charge in [0.2, 0.25) is 0 Å². The van der Waals surface area contributed by atoms with E-state index in [1.165, 1.54) is 40.3 Å². The zero-order chi connectivity index (χ0) is 14.0. The smallest absolute Gasteiger partial charge is 0.0406 e. The van der Waals surface area contributed by atoms with E-state index < -0.39 is 0 Å². The van der Waals surface area contributed by atoms with Gasteiger partial charge >= 0.3 is 0 Å². The molecule has 19 heavy (non-hydrogen) atoms. The van der Waals surface area contributed by atoms with Gasteiger partial charge in [-0.1, -0.05) is 33.4 Å². The molecule has 1 aliphatic rings. The lowest BCUT2D eigenvalue weighted by atomic mass is 9.71. The molecule has 106 valence electrons. The zero-order valence-corrected chi connectivity index (χ0v) is 14.3. The van der Waals surface area contributed by atoms with Gasteiger partial charge in [0, 0.05) is 14.6 Å². The molecule has 1 saturated carbocycles. The van der Waals surface area contributed by atoms with Crippen LogP contribution in [0.5, 0.6) is 0 Å². The minimum absolute atomic E-state index is 0.555. The van der Waals surface area contributed by atoms with Crippen LogP contribution >= 0.6 is 23.1 Å². The van der Waals surface area contributed by atoms with Crippen LogP contribution in [-0.2, 0) is 0 Å². The number of thioether (sulfide) groups is 1. The fourth-order valence-corrected chi connectivity index (χ4v) is 5.50. The lowest BCUT2D eigenvalue weighted by molar-refractivity contribution is 0.223. The highest BCUT2D eigenvalue weighted by Crippen LogP contribution is 2.48. The summed E-state index contributed by atoms with van der Waals surface area (Å²) in [5, 5.41) is 0. The molecule has 1 aromatic heterocycles. The van der Waals surface area contributed by atoms with E-state index in [9.17, 15) is 0 Å². The Hall–Kier alpha value is -0.210. The Morgan fingerprint density at radius 1 is 1.37 bits per heavy atom. The fraction of sp³-hybridized carbons (Fsp3) is 0.647. The summed E-state index contributed by atoms with van der Waals surface area (Å²) in [4.78, 5) is 4.45. The third kappa shape index (κ3) is 3.28. The maximum atomic E-state index is 3.99. The molecule has 0 saturated heterocycles. The van der Waals surface area contributed by atoms with Crippen LogP contribution in [0.25, 0.3) is 6.08 Å². The molecule has 0 bridgehead atoms. The predicted molar refractivity (Wildman–Crippen MR) is 90.5 cm³/mol. The predicted octanol–water partition coefficient (Wildman–Crippen LogP) is 6.50. The second-order valence-electron chi connectivity index (χ2n) is 6.34. The molecule has 0 atom stereocenters. The van der Waals surface area contributed by atoms with E-state index in [2.05, 4.69) is 34.3 Å². The van der Waals surface area contributed by atoms with Crippen molar-refractivity contribution in [3.05, 3.63) is 21.9 Å². The van der Waals surface area contributed by atoms with Gasteiger partial charge in [0.05, 0.1) is 0 Å². The second kappa shape index (κ2) is 6.05. The Morgan fingerprint density at radius 2 is 2.00 bits per heavy atom. The third-order valence-electron chi connectivity index (χ3n) is 4.33. The fourth-order valence-electron chi connectivity index (χ4n) is 3.15. The summed E-state index contributed by atoms with van der Waals surface area (Å²) in [6, 6.07) is 0. The first kappa shape index (κ1) is 15.2. The first-order chi connectivity index (χ1) is 8.98. The van der Waals surface area contributed by atoms with Gasteiger partial charge in [-0.05, 0) is 55.3 Å². The number of rotatable bonds is 4. The number of hydrogen-bond acceptors (Lipinski definition) is 2. The number of hydrogen-bond donors (Lipinski definition) is 0. The molecule has 0 aliphatic heterocycles. The van der Waals surface area contributed by atoms with Crippen LogP contribution in [0, 0.1) is 12.3 Å². The van der Waals surface area contributed by atoms with Gasteiger partial charge in [0.15, 0.2) is 0 Å². The van der Waals surface area contributed by atoms with Crippen molar-refractivity contribution < 1.29 is 0 Å². The molecule has 1 heterocycles. The summed E-state index contributed by atoms with van der Waals surface area (Å²) in [6.45, 7) is 13.4. The highest BCUT2D eigenvalue weighted by Gasteiger charge is 2.30. The Labute approximate surface area is 126 Å². The molecule has 1 fully saturated rings. The first-order valence-corrected chi connectivity index (χ1v) is 9.17. The molecule has 0 amide bonds. The normalized spacial score (nSPS) is 19.6. The van der Waals surface area contributed by atoms with Crippen molar-refractivity contribution in [3.63, 3.8) is 0 Å². The third-order valence-corrected chi connectivity index (χ3v) is 6.60. The van der Waals surface area contributed by atoms with Crippen LogP contribution in [0.4, 0.5) is 0 Å². The maximum absolute atomic E-state index is 3.99. The van der Waals surface area contributed by atoms with E-state index >= 15 is 0 Å². The SMILES string of the molecule is C=Cc1sc(C)c(C2CCC(C)(C)CC2)c1SCC. The van der Waals surface area contributed by atoms with E-state index in [0.29, 0.717) is 5.41 Å². The molecule has 0 N–H and O–H groups in total. The van der Waals surface area contributed by atoms with Crippen molar-refractivity contribution in [2.45, 2.75) is 64.2 Å². The summed E-state index contributed by atoms with van der Waals surface area (Å²) in [6.07, 6.45) is 7.50. The van der Waals surface area contributed by atoms with Crippen LogP contribution in [0.1, 0.15) is 67.7 Å². The van der Waals surface area contributed by atoms with Gasteiger partial charge in [-0.2, -0.15) is 0 Å². The van der Waals surface area contributed by atoms with E-state index in [0.717, 1.165) is 11.7 Å². The Balaban J connectivity index is 2.29. The molecule has 2 heteroatoms. The largest absolute Gasteiger partial charge is 0.140 e. The van der Waals surface area contributed by atoms with Crippen molar-refractivity contribution in [2.75, 3.05) is 5.75 Å². The van der Waals surface area contributed by atoms with Crippen LogP contribution in [0.2, 0.25) is 0 Å². The van der Waals surface area contributed by atoms with E-state index in [4.69, 9.17) is 0 Å². The highest BCUT2D eigenvalue weighted by molar-refractivity contribution is 7.99. The highest BCUT2D eigenvalue weighted by atomic mass is 32.2. The van der Waals surface area contributed by atoms with Crippen molar-refractivity contribution in [3.8, 4) is 0 Å². The van der Waals surface area contributed by atoms with Gasteiger partial charge in [-0.15, -0.1) is 23.1 Å². The van der Waals surface area contributed by atoms with Gasteiger partial charge in [0.1, 0.15) is 0 Å². The Kier molecular flexibility index (Phi) is 4.84. The lowest BCUT2D eigenvalue weighted by Crippen LogP contribution is -2.20. The minimum Gasteiger partial charge on any atom is -0.140 e. The minimum atomic E-state index is 0.555. The van der Waals surface area contributed by atoms with Crippen LogP contribution in [0.15, 0.2) is 11.5 Å². The topological polar surface area (TPSA) is 0 Å². The van der Waals surface area contributed by atoms with Crippen LogP contribution in [0.3, 0.4) is 0 Å². The maximum Gasteiger partial charge on any atom is 0.0406 e. The standard InChI is InChI=1S/C17H26S2/c1-6-14-16(18-7-2)15(12(3)19-14)13-8-10-17(4,5)11-9-13/h6,13H,1,7-11H2,2-5H3. The average Bonchev–Trinajstić information content (AvgIpc) is 2.67. The average molecular weight is 295 g/mol. The van der Waals surface area contributed by atoms with Crippen LogP contribution in [-0.4, -0.2) is 5.75 Å². The molecular weight excluding hydrogens is 268 g/mol. The molecule has 0 spiro atoms. The summed E-state index contributed by atoms with van der Waals surface area (Å²) in [5.41, 5.74) is 2.21. The molecule has 0 nitrogen and oxygen atoms in total. The molecule has 0 unspecified atom stereocenters. The molecular formula is C17H26S2. The molecule has 2 rings (SSSR count). The van der Waals surface area contributed by atoms with Crippen LogP contribution < -0.4 is 0 Å². The van der Waals surface area contributed by atoms with Crippen molar-refractivity contribution in [2.24, 2.45) is 5.41 Å². The van der Waals surface area contributed by atoms with Gasteiger partial charge < -0.3 is 0 Å². The Bertz CT molecular complexity index is 444. The summed E-state index contributed by atoms with van der Waals surface area (Å²) in [5.74, 6) is 1.94. The lowest BCUT2D eigenvalue weighted by Gasteiger charge is -2.35. The molecule has 0 radical (unpaired) electrons. The van der Waals surface area contributed by atoms with Crippen molar-refractivity contribution in [1.29, 1.82) is 0 Å². The van der Waals surface area contributed by atoms with Gasteiger partial charge in [-0.3, -0.25) is 0 Å². The monoisotopic (exact) mass is 294 g/mol. The van der Waals surface area contributed by atoms with E-state index in [1.54, 1.807) is 5.56 Å². The number of thiophene rings is 1.